The number of halogens is 6. The van der Waals surface area contributed by atoms with Crippen molar-refractivity contribution < 1.29 is 4.74 Å². The third kappa shape index (κ3) is 3.55. The van der Waals surface area contributed by atoms with Crippen molar-refractivity contribution in [2.24, 2.45) is 0 Å². The topological polar surface area (TPSA) is 9.23 Å². The number of hydrogen-bond acceptors (Lipinski definition) is 1. The molecule has 0 saturated heterocycles. The summed E-state index contributed by atoms with van der Waals surface area (Å²) in [5.41, 5.74) is 0. The molecule has 1 nitrogen and oxygen atoms in total. The fourth-order valence-electron chi connectivity index (χ4n) is 1.35. The molecular formula is C12H4Cl6O. The minimum Gasteiger partial charge on any atom is -0.454 e. The summed E-state index contributed by atoms with van der Waals surface area (Å²) in [6, 6.07) is 6.14. The molecular weight excluding hydrogens is 373 g/mol. The molecule has 0 spiro atoms. The Morgan fingerprint density at radius 1 is 0.632 bits per heavy atom. The van der Waals surface area contributed by atoms with Gasteiger partial charge in [0.2, 0.25) is 0 Å². The van der Waals surface area contributed by atoms with E-state index in [-0.39, 0.29) is 25.8 Å². The maximum absolute atomic E-state index is 6.03. The zero-order chi connectivity index (χ0) is 14.2. The summed E-state index contributed by atoms with van der Waals surface area (Å²) in [5, 5.41) is 1.63. The van der Waals surface area contributed by atoms with Crippen LogP contribution in [0, 0.1) is 0 Å². The van der Waals surface area contributed by atoms with Gasteiger partial charge in [-0.15, -0.1) is 0 Å². The first-order valence-electron chi connectivity index (χ1n) is 4.85. The van der Waals surface area contributed by atoms with E-state index < -0.39 is 0 Å². The maximum Gasteiger partial charge on any atom is 0.167 e. The predicted molar refractivity (Wildman–Crippen MR) is 83.0 cm³/mol. The molecule has 2 rings (SSSR count). The minimum atomic E-state index is 0.152. The second-order valence-electron chi connectivity index (χ2n) is 3.50. The Hall–Kier alpha value is -0.0200. The zero-order valence-electron chi connectivity index (χ0n) is 8.99. The van der Waals surface area contributed by atoms with Crippen molar-refractivity contribution in [3.63, 3.8) is 0 Å². The lowest BCUT2D eigenvalue weighted by atomic mass is 10.3. The van der Waals surface area contributed by atoms with Gasteiger partial charge in [-0.25, -0.2) is 0 Å². The predicted octanol–water partition coefficient (Wildman–Crippen LogP) is 7.40. The Morgan fingerprint density at radius 2 is 1.11 bits per heavy atom. The Morgan fingerprint density at radius 3 is 1.58 bits per heavy atom. The van der Waals surface area contributed by atoms with E-state index in [0.29, 0.717) is 15.8 Å². The van der Waals surface area contributed by atoms with E-state index in [0.717, 1.165) is 0 Å². The summed E-state index contributed by atoms with van der Waals surface area (Å²) < 4.78 is 5.56. The molecule has 0 aliphatic carbocycles. The molecule has 0 bridgehead atoms. The fourth-order valence-corrected chi connectivity index (χ4v) is 2.72. The van der Waals surface area contributed by atoms with Gasteiger partial charge < -0.3 is 4.74 Å². The Kier molecular flexibility index (Phi) is 4.99. The molecule has 0 radical (unpaired) electrons. The van der Waals surface area contributed by atoms with Gasteiger partial charge in [0.1, 0.15) is 15.8 Å². The number of hydrogen-bond donors (Lipinski definition) is 0. The minimum absolute atomic E-state index is 0.152. The highest BCUT2D eigenvalue weighted by atomic mass is 35.5. The second-order valence-corrected chi connectivity index (χ2v) is 5.95. The second kappa shape index (κ2) is 6.17. The highest BCUT2D eigenvalue weighted by Gasteiger charge is 2.16. The van der Waals surface area contributed by atoms with E-state index in [1.165, 1.54) is 6.07 Å². The van der Waals surface area contributed by atoms with E-state index in [1.807, 2.05) is 0 Å². The SMILES string of the molecule is Clc1cc(Cl)cc(Oc2c(Cl)c(Cl)cc(Cl)c2Cl)c1. The van der Waals surface area contributed by atoms with E-state index >= 15 is 0 Å². The molecule has 0 heterocycles. The molecule has 0 saturated carbocycles. The molecule has 100 valence electrons. The lowest BCUT2D eigenvalue weighted by Crippen LogP contribution is -1.88. The van der Waals surface area contributed by atoms with Crippen LogP contribution in [0.3, 0.4) is 0 Å². The average Bonchev–Trinajstić information content (AvgIpc) is 2.31. The Balaban J connectivity index is 2.49. The molecule has 0 amide bonds. The number of rotatable bonds is 2. The van der Waals surface area contributed by atoms with E-state index in [4.69, 9.17) is 74.3 Å². The molecule has 2 aromatic carbocycles. The van der Waals surface area contributed by atoms with E-state index in [2.05, 4.69) is 0 Å². The van der Waals surface area contributed by atoms with Crippen molar-refractivity contribution in [2.45, 2.75) is 0 Å². The molecule has 0 aliphatic rings. The van der Waals surface area contributed by atoms with Crippen LogP contribution in [0.5, 0.6) is 11.5 Å². The molecule has 19 heavy (non-hydrogen) atoms. The highest BCUT2D eigenvalue weighted by Crippen LogP contribution is 2.45. The quantitative estimate of drug-likeness (QED) is 0.496. The summed E-state index contributed by atoms with van der Waals surface area (Å²) in [7, 11) is 0. The third-order valence-electron chi connectivity index (χ3n) is 2.13. The lowest BCUT2D eigenvalue weighted by Gasteiger charge is -2.12. The normalized spacial score (nSPS) is 10.6. The first kappa shape index (κ1) is 15.4. The molecule has 0 aromatic heterocycles. The average molecular weight is 377 g/mol. The summed E-state index contributed by atoms with van der Waals surface area (Å²) in [5.74, 6) is 0.527. The lowest BCUT2D eigenvalue weighted by molar-refractivity contribution is 0.483. The van der Waals surface area contributed by atoms with Gasteiger partial charge in [0.25, 0.3) is 0 Å². The van der Waals surface area contributed by atoms with Crippen molar-refractivity contribution in [2.75, 3.05) is 0 Å². The first-order chi connectivity index (χ1) is 8.88. The summed E-state index contributed by atoms with van der Waals surface area (Å²) in [4.78, 5) is 0. The van der Waals surface area contributed by atoms with E-state index in [1.54, 1.807) is 18.2 Å². The smallest absolute Gasteiger partial charge is 0.167 e. The molecule has 0 N–H and O–H groups in total. The van der Waals surface area contributed by atoms with Crippen molar-refractivity contribution in [1.29, 1.82) is 0 Å². The summed E-state index contributed by atoms with van der Waals surface area (Å²) in [6.45, 7) is 0. The van der Waals surface area contributed by atoms with Crippen molar-refractivity contribution in [1.82, 2.24) is 0 Å². The molecule has 0 aliphatic heterocycles. The molecule has 7 heteroatoms. The number of ether oxygens (including phenoxy) is 1. The van der Waals surface area contributed by atoms with Gasteiger partial charge in [-0.2, -0.15) is 0 Å². The maximum atomic E-state index is 6.03. The van der Waals surface area contributed by atoms with Crippen molar-refractivity contribution >= 4 is 69.6 Å². The van der Waals surface area contributed by atoms with Gasteiger partial charge in [-0.1, -0.05) is 69.6 Å². The van der Waals surface area contributed by atoms with Gasteiger partial charge in [0.15, 0.2) is 5.75 Å². The fraction of sp³-hybridized carbons (Fsp3) is 0. The highest BCUT2D eigenvalue weighted by molar-refractivity contribution is 6.48. The third-order valence-corrected chi connectivity index (χ3v) is 4.10. The van der Waals surface area contributed by atoms with E-state index in [9.17, 15) is 0 Å². The van der Waals surface area contributed by atoms with Crippen LogP contribution in [-0.2, 0) is 0 Å². The molecule has 0 unspecified atom stereocenters. The van der Waals surface area contributed by atoms with Gasteiger partial charge in [0.05, 0.1) is 10.0 Å². The molecule has 0 fully saturated rings. The number of benzene rings is 2. The standard InChI is InChI=1S/C12H4Cl6O/c13-5-1-6(14)3-7(2-5)19-12-10(17)8(15)4-9(16)11(12)18/h1-4H. The van der Waals surface area contributed by atoms with Crippen LogP contribution in [0.25, 0.3) is 0 Å². The van der Waals surface area contributed by atoms with Gasteiger partial charge in [0, 0.05) is 10.0 Å². The van der Waals surface area contributed by atoms with Crippen LogP contribution < -0.4 is 4.74 Å². The molecule has 0 atom stereocenters. The van der Waals surface area contributed by atoms with Crippen LogP contribution >= 0.6 is 69.6 Å². The van der Waals surface area contributed by atoms with Crippen LogP contribution in [-0.4, -0.2) is 0 Å². The molecule has 2 aromatic rings. The monoisotopic (exact) mass is 374 g/mol. The summed E-state index contributed by atoms with van der Waals surface area (Å²) >= 11 is 35.6. The van der Waals surface area contributed by atoms with Gasteiger partial charge in [-0.05, 0) is 24.3 Å². The Bertz CT molecular complexity index is 594. The Labute approximate surface area is 139 Å². The van der Waals surface area contributed by atoms with Crippen LogP contribution in [0.4, 0.5) is 0 Å². The largest absolute Gasteiger partial charge is 0.454 e. The van der Waals surface area contributed by atoms with Crippen molar-refractivity contribution in [3.05, 3.63) is 54.4 Å². The zero-order valence-corrected chi connectivity index (χ0v) is 13.5. The van der Waals surface area contributed by atoms with Gasteiger partial charge >= 0.3 is 0 Å². The van der Waals surface area contributed by atoms with Crippen LogP contribution in [0.2, 0.25) is 30.1 Å². The van der Waals surface area contributed by atoms with Crippen LogP contribution in [0.1, 0.15) is 0 Å². The van der Waals surface area contributed by atoms with Crippen molar-refractivity contribution in [3.8, 4) is 11.5 Å². The van der Waals surface area contributed by atoms with Gasteiger partial charge in [-0.3, -0.25) is 0 Å². The van der Waals surface area contributed by atoms with Crippen LogP contribution in [0.15, 0.2) is 24.3 Å². The first-order valence-corrected chi connectivity index (χ1v) is 7.12. The summed E-state index contributed by atoms with van der Waals surface area (Å²) in [6.07, 6.45) is 0.